The quantitative estimate of drug-likeness (QED) is 0.865. The van der Waals surface area contributed by atoms with Gasteiger partial charge in [-0.3, -0.25) is 9.59 Å². The Morgan fingerprint density at radius 3 is 2.15 bits per heavy atom. The molecule has 2 amide bonds. The number of para-hydroxylation sites is 1. The molecule has 0 fully saturated rings. The average Bonchev–Trinajstić information content (AvgIpc) is 2.61. The molecule has 0 spiro atoms. The standard InChI is InChI=1S/C22H28N2O3/c1-15(27-17-13-11-16(12-14-17)22(2,3)4)20(25)23-19-10-8-7-9-18(19)21(26)24(5)6/h7-15H,1-6H3,(H,23,25). The fraction of sp³-hybridized carbons (Fsp3) is 0.364. The number of carbonyl (C=O) groups is 2. The lowest BCUT2D eigenvalue weighted by atomic mass is 9.87. The summed E-state index contributed by atoms with van der Waals surface area (Å²) < 4.78 is 5.76. The van der Waals surface area contributed by atoms with E-state index in [4.69, 9.17) is 4.74 Å². The van der Waals surface area contributed by atoms with Gasteiger partial charge in [0.25, 0.3) is 11.8 Å². The molecular weight excluding hydrogens is 340 g/mol. The number of ether oxygens (including phenoxy) is 1. The van der Waals surface area contributed by atoms with Crippen molar-refractivity contribution in [3.8, 4) is 5.75 Å². The van der Waals surface area contributed by atoms with E-state index < -0.39 is 6.10 Å². The number of carbonyl (C=O) groups excluding carboxylic acids is 2. The Bertz CT molecular complexity index is 805. The van der Waals surface area contributed by atoms with Crippen molar-refractivity contribution >= 4 is 17.5 Å². The van der Waals surface area contributed by atoms with Crippen LogP contribution in [0.1, 0.15) is 43.6 Å². The molecule has 0 aliphatic rings. The number of rotatable bonds is 5. The lowest BCUT2D eigenvalue weighted by molar-refractivity contribution is -0.122. The molecule has 0 saturated heterocycles. The van der Waals surface area contributed by atoms with Crippen LogP contribution in [0, 0.1) is 0 Å². The Labute approximate surface area is 161 Å². The van der Waals surface area contributed by atoms with Crippen molar-refractivity contribution in [2.75, 3.05) is 19.4 Å². The van der Waals surface area contributed by atoms with Crippen LogP contribution in [0.2, 0.25) is 0 Å². The summed E-state index contributed by atoms with van der Waals surface area (Å²) in [6.07, 6.45) is -0.701. The minimum Gasteiger partial charge on any atom is -0.481 e. The second-order valence-electron chi connectivity index (χ2n) is 7.77. The number of hydrogen-bond acceptors (Lipinski definition) is 3. The monoisotopic (exact) mass is 368 g/mol. The van der Waals surface area contributed by atoms with Gasteiger partial charge in [0.15, 0.2) is 6.10 Å². The third-order valence-electron chi connectivity index (χ3n) is 4.22. The van der Waals surface area contributed by atoms with Crippen LogP contribution in [0.4, 0.5) is 5.69 Å². The first-order valence-electron chi connectivity index (χ1n) is 8.98. The predicted molar refractivity (Wildman–Crippen MR) is 108 cm³/mol. The van der Waals surface area contributed by atoms with Crippen molar-refractivity contribution in [3.63, 3.8) is 0 Å². The molecule has 1 N–H and O–H groups in total. The van der Waals surface area contributed by atoms with Gasteiger partial charge < -0.3 is 15.0 Å². The fourth-order valence-corrected chi connectivity index (χ4v) is 2.55. The fourth-order valence-electron chi connectivity index (χ4n) is 2.55. The Balaban J connectivity index is 2.08. The number of nitrogens with zero attached hydrogens (tertiary/aromatic N) is 1. The number of nitrogens with one attached hydrogen (secondary N) is 1. The van der Waals surface area contributed by atoms with Crippen LogP contribution >= 0.6 is 0 Å². The largest absolute Gasteiger partial charge is 0.481 e. The molecular formula is C22H28N2O3. The third-order valence-corrected chi connectivity index (χ3v) is 4.22. The number of benzene rings is 2. The highest BCUT2D eigenvalue weighted by Gasteiger charge is 2.19. The molecule has 5 nitrogen and oxygen atoms in total. The van der Waals surface area contributed by atoms with Crippen molar-refractivity contribution in [2.45, 2.75) is 39.2 Å². The lowest BCUT2D eigenvalue weighted by Gasteiger charge is -2.20. The van der Waals surface area contributed by atoms with Crippen molar-refractivity contribution in [1.29, 1.82) is 0 Å². The predicted octanol–water partition coefficient (Wildman–Crippen LogP) is 4.09. The molecule has 1 unspecified atom stereocenters. The summed E-state index contributed by atoms with van der Waals surface area (Å²) in [5.74, 6) is 0.148. The van der Waals surface area contributed by atoms with E-state index in [1.807, 2.05) is 24.3 Å². The molecule has 27 heavy (non-hydrogen) atoms. The van der Waals surface area contributed by atoms with Crippen LogP contribution in [-0.2, 0) is 10.2 Å². The van der Waals surface area contributed by atoms with E-state index in [1.165, 1.54) is 10.5 Å². The number of amides is 2. The Morgan fingerprint density at radius 1 is 1.00 bits per heavy atom. The van der Waals surface area contributed by atoms with Crippen molar-refractivity contribution < 1.29 is 14.3 Å². The lowest BCUT2D eigenvalue weighted by Crippen LogP contribution is -2.31. The molecule has 0 aromatic heterocycles. The van der Waals surface area contributed by atoms with E-state index >= 15 is 0 Å². The Hall–Kier alpha value is -2.82. The van der Waals surface area contributed by atoms with Crippen molar-refractivity contribution in [2.24, 2.45) is 0 Å². The van der Waals surface area contributed by atoms with Crippen LogP contribution < -0.4 is 10.1 Å². The molecule has 5 heteroatoms. The Kier molecular flexibility index (Phi) is 6.26. The van der Waals surface area contributed by atoms with Crippen molar-refractivity contribution in [1.82, 2.24) is 4.90 Å². The van der Waals surface area contributed by atoms with Gasteiger partial charge in [-0.05, 0) is 42.2 Å². The summed E-state index contributed by atoms with van der Waals surface area (Å²) in [6.45, 7) is 8.12. The molecule has 1 atom stereocenters. The second kappa shape index (κ2) is 8.25. The van der Waals surface area contributed by atoms with E-state index in [-0.39, 0.29) is 17.2 Å². The zero-order chi connectivity index (χ0) is 20.2. The van der Waals surface area contributed by atoms with Crippen LogP contribution in [0.15, 0.2) is 48.5 Å². The molecule has 0 aliphatic carbocycles. The van der Waals surface area contributed by atoms with Gasteiger partial charge in [0.05, 0.1) is 11.3 Å². The topological polar surface area (TPSA) is 58.6 Å². The molecule has 2 aromatic carbocycles. The van der Waals surface area contributed by atoms with Gasteiger partial charge in [-0.25, -0.2) is 0 Å². The van der Waals surface area contributed by atoms with Crippen LogP contribution in [-0.4, -0.2) is 36.9 Å². The van der Waals surface area contributed by atoms with E-state index in [1.54, 1.807) is 45.3 Å². The summed E-state index contributed by atoms with van der Waals surface area (Å²) in [4.78, 5) is 26.3. The molecule has 2 rings (SSSR count). The first kappa shape index (κ1) is 20.5. The highest BCUT2D eigenvalue weighted by atomic mass is 16.5. The van der Waals surface area contributed by atoms with Gasteiger partial charge in [-0.15, -0.1) is 0 Å². The van der Waals surface area contributed by atoms with Crippen molar-refractivity contribution in [3.05, 3.63) is 59.7 Å². The Morgan fingerprint density at radius 2 is 1.59 bits per heavy atom. The van der Waals surface area contributed by atoms with Gasteiger partial charge in [0.1, 0.15) is 5.75 Å². The maximum Gasteiger partial charge on any atom is 0.265 e. The van der Waals surface area contributed by atoms with Gasteiger partial charge >= 0.3 is 0 Å². The molecule has 144 valence electrons. The average molecular weight is 368 g/mol. The highest BCUT2D eigenvalue weighted by molar-refractivity contribution is 6.04. The maximum absolute atomic E-state index is 12.5. The zero-order valence-corrected chi connectivity index (χ0v) is 16.9. The summed E-state index contributed by atoms with van der Waals surface area (Å²) in [6, 6.07) is 14.7. The van der Waals surface area contributed by atoms with Crippen LogP contribution in [0.25, 0.3) is 0 Å². The van der Waals surface area contributed by atoms with E-state index in [9.17, 15) is 9.59 Å². The van der Waals surface area contributed by atoms with Gasteiger partial charge in [0, 0.05) is 14.1 Å². The normalized spacial score (nSPS) is 12.2. The molecule has 0 aliphatic heterocycles. The number of anilines is 1. The van der Waals surface area contributed by atoms with Gasteiger partial charge in [0.2, 0.25) is 0 Å². The van der Waals surface area contributed by atoms with Crippen LogP contribution in [0.3, 0.4) is 0 Å². The van der Waals surface area contributed by atoms with E-state index in [0.717, 1.165) is 0 Å². The summed E-state index contributed by atoms with van der Waals surface area (Å²) in [7, 11) is 3.35. The molecule has 0 bridgehead atoms. The minimum absolute atomic E-state index is 0.0597. The first-order chi connectivity index (χ1) is 12.6. The van der Waals surface area contributed by atoms with Crippen LogP contribution in [0.5, 0.6) is 5.75 Å². The number of hydrogen-bond donors (Lipinski definition) is 1. The molecule has 0 heterocycles. The van der Waals surface area contributed by atoms with Gasteiger partial charge in [-0.2, -0.15) is 0 Å². The van der Waals surface area contributed by atoms with E-state index in [0.29, 0.717) is 17.0 Å². The minimum atomic E-state index is -0.701. The smallest absolute Gasteiger partial charge is 0.265 e. The summed E-state index contributed by atoms with van der Waals surface area (Å²) >= 11 is 0. The zero-order valence-electron chi connectivity index (χ0n) is 16.9. The molecule has 0 radical (unpaired) electrons. The highest BCUT2D eigenvalue weighted by Crippen LogP contribution is 2.25. The summed E-state index contributed by atoms with van der Waals surface area (Å²) in [5, 5.41) is 2.79. The second-order valence-corrected chi connectivity index (χ2v) is 7.77. The third kappa shape index (κ3) is 5.33. The first-order valence-corrected chi connectivity index (χ1v) is 8.98. The van der Waals surface area contributed by atoms with E-state index in [2.05, 4.69) is 26.1 Å². The molecule has 2 aromatic rings. The van der Waals surface area contributed by atoms with Gasteiger partial charge in [-0.1, -0.05) is 45.0 Å². The SMILES string of the molecule is CC(Oc1ccc(C(C)(C)C)cc1)C(=O)Nc1ccccc1C(=O)N(C)C. The maximum atomic E-state index is 12.5. The molecule has 0 saturated carbocycles. The summed E-state index contributed by atoms with van der Waals surface area (Å²) in [5.41, 5.74) is 2.17.